The summed E-state index contributed by atoms with van der Waals surface area (Å²) in [5.74, 6) is -0.333. The highest BCUT2D eigenvalue weighted by Crippen LogP contribution is 2.43. The summed E-state index contributed by atoms with van der Waals surface area (Å²) in [6.07, 6.45) is 48.8. The van der Waals surface area contributed by atoms with E-state index < -0.39 is 13.9 Å². The SMILES string of the molecule is CCCCCCC/C=C\C/C=C\C/C=C\CCCCCCCCCOCC(COP(=O)(O)OCCN)OC(=O)CCCCCCCCCCCCCCC. The van der Waals surface area contributed by atoms with Crippen LogP contribution in [0.4, 0.5) is 0 Å². The number of carbonyl (C=O) groups is 1. The van der Waals surface area contributed by atoms with Crippen LogP contribution in [0, 0.1) is 0 Å². The Morgan fingerprint density at radius 2 is 0.981 bits per heavy atom. The van der Waals surface area contributed by atoms with Gasteiger partial charge in [0.1, 0.15) is 6.10 Å². The fraction of sp³-hybridized carbons (Fsp3) is 0.844. The summed E-state index contributed by atoms with van der Waals surface area (Å²) in [5.41, 5.74) is 5.37. The van der Waals surface area contributed by atoms with Gasteiger partial charge in [-0.2, -0.15) is 0 Å². The molecule has 0 aliphatic heterocycles. The summed E-state index contributed by atoms with van der Waals surface area (Å²) in [6, 6.07) is 0. The Morgan fingerprint density at radius 3 is 1.46 bits per heavy atom. The first-order chi connectivity index (χ1) is 26.4. The second kappa shape index (κ2) is 42.9. The Morgan fingerprint density at radius 1 is 0.556 bits per heavy atom. The molecule has 318 valence electrons. The summed E-state index contributed by atoms with van der Waals surface area (Å²) in [5, 5.41) is 0. The van der Waals surface area contributed by atoms with Crippen LogP contribution in [0.3, 0.4) is 0 Å². The Bertz CT molecular complexity index is 926. The van der Waals surface area contributed by atoms with Gasteiger partial charge in [-0.3, -0.25) is 13.8 Å². The smallest absolute Gasteiger partial charge is 0.457 e. The van der Waals surface area contributed by atoms with E-state index in [1.54, 1.807) is 0 Å². The van der Waals surface area contributed by atoms with Crippen LogP contribution in [0.5, 0.6) is 0 Å². The molecule has 0 saturated heterocycles. The van der Waals surface area contributed by atoms with Gasteiger partial charge in [0, 0.05) is 19.6 Å². The Kier molecular flexibility index (Phi) is 41.8. The number of rotatable bonds is 43. The molecular weight excluding hydrogens is 697 g/mol. The van der Waals surface area contributed by atoms with E-state index in [4.69, 9.17) is 24.3 Å². The van der Waals surface area contributed by atoms with Gasteiger partial charge in [-0.15, -0.1) is 0 Å². The lowest BCUT2D eigenvalue weighted by Gasteiger charge is -2.20. The maximum Gasteiger partial charge on any atom is 0.472 e. The van der Waals surface area contributed by atoms with Crippen LogP contribution in [0.2, 0.25) is 0 Å². The molecule has 0 rings (SSSR count). The standard InChI is InChI=1S/C45H86NO7P/c1-3-5-7-9-11-13-15-17-18-19-20-21-22-23-24-25-27-29-31-33-35-37-40-50-42-44(43-52-54(48,49)51-41-39-46)53-45(47)38-36-34-32-30-28-26-16-14-12-10-8-6-4-2/h15,17,19-20,22-23,44H,3-14,16,18,21,24-43,46H2,1-2H3,(H,48,49)/b17-15-,20-19-,23-22-. The summed E-state index contributed by atoms with van der Waals surface area (Å²) < 4.78 is 33.4. The molecule has 0 aliphatic rings. The third kappa shape index (κ3) is 41.9. The molecule has 8 nitrogen and oxygen atoms in total. The van der Waals surface area contributed by atoms with Gasteiger partial charge in [0.05, 0.1) is 19.8 Å². The van der Waals surface area contributed by atoms with E-state index in [1.165, 1.54) is 135 Å². The van der Waals surface area contributed by atoms with Gasteiger partial charge in [0.2, 0.25) is 0 Å². The number of carbonyl (C=O) groups excluding carboxylic acids is 1. The van der Waals surface area contributed by atoms with Gasteiger partial charge in [0.25, 0.3) is 0 Å². The normalized spacial score (nSPS) is 13.8. The predicted octanol–water partition coefficient (Wildman–Crippen LogP) is 13.4. The van der Waals surface area contributed by atoms with Crippen LogP contribution in [0.25, 0.3) is 0 Å². The summed E-state index contributed by atoms with van der Waals surface area (Å²) >= 11 is 0. The molecule has 0 radical (unpaired) electrons. The van der Waals surface area contributed by atoms with Gasteiger partial charge in [-0.1, -0.05) is 185 Å². The predicted molar refractivity (Wildman–Crippen MR) is 229 cm³/mol. The minimum absolute atomic E-state index is 0.0968. The first-order valence-corrected chi connectivity index (χ1v) is 24.0. The Labute approximate surface area is 333 Å². The minimum Gasteiger partial charge on any atom is -0.457 e. The number of phosphoric ester groups is 1. The average molecular weight is 784 g/mol. The maximum absolute atomic E-state index is 12.6. The molecule has 0 bridgehead atoms. The van der Waals surface area contributed by atoms with Gasteiger partial charge in [-0.05, 0) is 51.4 Å². The Balaban J connectivity index is 4.00. The number of hydrogen-bond acceptors (Lipinski definition) is 7. The zero-order chi connectivity index (χ0) is 39.5. The molecule has 0 aromatic carbocycles. The number of unbranched alkanes of at least 4 members (excludes halogenated alkanes) is 24. The van der Waals surface area contributed by atoms with Crippen LogP contribution in [-0.4, -0.2) is 49.9 Å². The van der Waals surface area contributed by atoms with Crippen molar-refractivity contribution in [3.05, 3.63) is 36.5 Å². The molecule has 2 unspecified atom stereocenters. The van der Waals surface area contributed by atoms with E-state index in [9.17, 15) is 14.3 Å². The van der Waals surface area contributed by atoms with Crippen molar-refractivity contribution in [1.29, 1.82) is 0 Å². The fourth-order valence-electron chi connectivity index (χ4n) is 6.24. The highest BCUT2D eigenvalue weighted by atomic mass is 31.2. The average Bonchev–Trinajstić information content (AvgIpc) is 3.16. The lowest BCUT2D eigenvalue weighted by molar-refractivity contribution is -0.154. The number of allylic oxidation sites excluding steroid dienone is 6. The number of phosphoric acid groups is 1. The molecule has 0 aliphatic carbocycles. The van der Waals surface area contributed by atoms with Crippen molar-refractivity contribution in [2.45, 2.75) is 213 Å². The molecule has 0 saturated carbocycles. The van der Waals surface area contributed by atoms with E-state index in [1.807, 2.05) is 0 Å². The van der Waals surface area contributed by atoms with Crippen LogP contribution < -0.4 is 5.73 Å². The topological polar surface area (TPSA) is 117 Å². The third-order valence-corrected chi connectivity index (χ3v) is 10.5. The van der Waals surface area contributed by atoms with Gasteiger partial charge >= 0.3 is 13.8 Å². The molecule has 2 atom stereocenters. The van der Waals surface area contributed by atoms with Crippen LogP contribution >= 0.6 is 7.82 Å². The molecule has 3 N–H and O–H groups in total. The van der Waals surface area contributed by atoms with Crippen LogP contribution in [0.15, 0.2) is 36.5 Å². The minimum atomic E-state index is -4.28. The molecule has 0 heterocycles. The second-order valence-corrected chi connectivity index (χ2v) is 16.4. The zero-order valence-corrected chi connectivity index (χ0v) is 36.1. The second-order valence-electron chi connectivity index (χ2n) is 14.9. The van der Waals surface area contributed by atoms with Crippen LogP contribution in [-0.2, 0) is 27.9 Å². The van der Waals surface area contributed by atoms with Gasteiger partial charge in [0.15, 0.2) is 0 Å². The van der Waals surface area contributed by atoms with Crippen molar-refractivity contribution in [1.82, 2.24) is 0 Å². The lowest BCUT2D eigenvalue weighted by atomic mass is 10.0. The molecule has 9 heteroatoms. The van der Waals surface area contributed by atoms with Crippen molar-refractivity contribution >= 4 is 13.8 Å². The number of ether oxygens (including phenoxy) is 2. The molecule has 54 heavy (non-hydrogen) atoms. The van der Waals surface area contributed by atoms with E-state index in [0.717, 1.165) is 51.4 Å². The van der Waals surface area contributed by atoms with Crippen molar-refractivity contribution in [2.75, 3.05) is 33.0 Å². The van der Waals surface area contributed by atoms with Crippen molar-refractivity contribution < 1.29 is 32.8 Å². The monoisotopic (exact) mass is 784 g/mol. The molecular formula is C45H86NO7P. The third-order valence-electron chi connectivity index (χ3n) is 9.56. The first kappa shape index (κ1) is 52.7. The van der Waals surface area contributed by atoms with Crippen molar-refractivity contribution in [3.8, 4) is 0 Å². The largest absolute Gasteiger partial charge is 0.472 e. The molecule has 0 fully saturated rings. The lowest BCUT2D eigenvalue weighted by Crippen LogP contribution is -2.28. The summed E-state index contributed by atoms with van der Waals surface area (Å²) in [4.78, 5) is 22.5. The molecule has 0 amide bonds. The number of esters is 1. The maximum atomic E-state index is 12.6. The number of nitrogens with two attached hydrogens (primary N) is 1. The van der Waals surface area contributed by atoms with Gasteiger partial charge < -0.3 is 20.1 Å². The highest BCUT2D eigenvalue weighted by molar-refractivity contribution is 7.47. The van der Waals surface area contributed by atoms with Gasteiger partial charge in [-0.25, -0.2) is 4.57 Å². The van der Waals surface area contributed by atoms with Crippen molar-refractivity contribution in [2.24, 2.45) is 5.73 Å². The molecule has 0 aromatic heterocycles. The molecule has 0 aromatic rings. The quantitative estimate of drug-likeness (QED) is 0.0272. The number of hydrogen-bond donors (Lipinski definition) is 2. The van der Waals surface area contributed by atoms with E-state index >= 15 is 0 Å². The fourth-order valence-corrected chi connectivity index (χ4v) is 7.00. The van der Waals surface area contributed by atoms with Crippen LogP contribution in [0.1, 0.15) is 206 Å². The van der Waals surface area contributed by atoms with Crippen molar-refractivity contribution in [3.63, 3.8) is 0 Å². The molecule has 0 spiro atoms. The van der Waals surface area contributed by atoms with E-state index in [2.05, 4.69) is 50.3 Å². The first-order valence-electron chi connectivity index (χ1n) is 22.5. The highest BCUT2D eigenvalue weighted by Gasteiger charge is 2.25. The van der Waals surface area contributed by atoms with E-state index in [0.29, 0.717) is 13.0 Å². The zero-order valence-electron chi connectivity index (χ0n) is 35.2. The summed E-state index contributed by atoms with van der Waals surface area (Å²) in [6.45, 7) is 4.90. The Hall–Kier alpha value is -1.28. The van der Waals surface area contributed by atoms with E-state index in [-0.39, 0.29) is 32.3 Å². The summed E-state index contributed by atoms with van der Waals surface area (Å²) in [7, 11) is -4.28.